The van der Waals surface area contributed by atoms with Crippen molar-refractivity contribution in [2.45, 2.75) is 51.1 Å². The first kappa shape index (κ1) is 16.4. The van der Waals surface area contributed by atoms with Gasteiger partial charge in [-0.15, -0.1) is 0 Å². The molecule has 1 aliphatic rings. The molecule has 1 aliphatic heterocycles. The zero-order valence-corrected chi connectivity index (χ0v) is 11.6. The third-order valence-electron chi connectivity index (χ3n) is 2.75. The van der Waals surface area contributed by atoms with E-state index in [0.717, 1.165) is 12.2 Å². The molecule has 0 bridgehead atoms. The molecule has 1 heterocycles. The average Bonchev–Trinajstić information content (AvgIpc) is 2.34. The van der Waals surface area contributed by atoms with Crippen molar-refractivity contribution in [1.82, 2.24) is 0 Å². The lowest BCUT2D eigenvalue weighted by Gasteiger charge is -2.19. The molecule has 4 unspecified atom stereocenters. The SMILES string of the molecule is CC1CC=CC(=O)OC(C)CC(O)C(O)C=CC(=O)O1. The van der Waals surface area contributed by atoms with E-state index < -0.39 is 36.4 Å². The summed E-state index contributed by atoms with van der Waals surface area (Å²) in [6.45, 7) is 3.30. The summed E-state index contributed by atoms with van der Waals surface area (Å²) in [5.41, 5.74) is 0. The van der Waals surface area contributed by atoms with Crippen LogP contribution >= 0.6 is 0 Å². The van der Waals surface area contributed by atoms with Gasteiger partial charge in [-0.05, 0) is 19.9 Å². The maximum absolute atomic E-state index is 11.4. The van der Waals surface area contributed by atoms with Gasteiger partial charge in [-0.1, -0.05) is 6.08 Å². The number of aliphatic hydroxyl groups is 2. The fourth-order valence-electron chi connectivity index (χ4n) is 1.71. The van der Waals surface area contributed by atoms with Crippen molar-refractivity contribution in [2.24, 2.45) is 0 Å². The Hall–Kier alpha value is -1.66. The van der Waals surface area contributed by atoms with Crippen LogP contribution in [-0.4, -0.2) is 46.6 Å². The van der Waals surface area contributed by atoms with Gasteiger partial charge in [-0.2, -0.15) is 0 Å². The maximum atomic E-state index is 11.4. The Morgan fingerprint density at radius 3 is 2.35 bits per heavy atom. The summed E-state index contributed by atoms with van der Waals surface area (Å²) >= 11 is 0. The molecule has 0 aromatic heterocycles. The van der Waals surface area contributed by atoms with E-state index in [1.807, 2.05) is 0 Å². The largest absolute Gasteiger partial charge is 0.459 e. The predicted molar refractivity (Wildman–Crippen MR) is 70.6 cm³/mol. The summed E-state index contributed by atoms with van der Waals surface area (Å²) < 4.78 is 10.1. The Morgan fingerprint density at radius 1 is 1.05 bits per heavy atom. The van der Waals surface area contributed by atoms with Crippen molar-refractivity contribution in [3.63, 3.8) is 0 Å². The Balaban J connectivity index is 2.79. The maximum Gasteiger partial charge on any atom is 0.330 e. The second kappa shape index (κ2) is 7.81. The second-order valence-electron chi connectivity index (χ2n) is 4.79. The Morgan fingerprint density at radius 2 is 1.65 bits per heavy atom. The van der Waals surface area contributed by atoms with E-state index in [4.69, 9.17) is 9.47 Å². The molecule has 20 heavy (non-hydrogen) atoms. The van der Waals surface area contributed by atoms with E-state index in [1.165, 1.54) is 6.08 Å². The molecule has 0 amide bonds. The smallest absolute Gasteiger partial charge is 0.330 e. The van der Waals surface area contributed by atoms with Crippen LogP contribution in [0.2, 0.25) is 0 Å². The Bertz CT molecular complexity index is 400. The summed E-state index contributed by atoms with van der Waals surface area (Å²) in [5, 5.41) is 19.4. The van der Waals surface area contributed by atoms with Crippen molar-refractivity contribution in [3.05, 3.63) is 24.3 Å². The zero-order valence-electron chi connectivity index (χ0n) is 11.6. The topological polar surface area (TPSA) is 93.1 Å². The van der Waals surface area contributed by atoms with Crippen molar-refractivity contribution in [2.75, 3.05) is 0 Å². The first-order chi connectivity index (χ1) is 9.38. The van der Waals surface area contributed by atoms with Crippen molar-refractivity contribution >= 4 is 11.9 Å². The molecule has 6 nitrogen and oxygen atoms in total. The number of ether oxygens (including phenoxy) is 2. The van der Waals surface area contributed by atoms with Crippen LogP contribution in [0, 0.1) is 0 Å². The molecule has 1 rings (SSSR count). The van der Waals surface area contributed by atoms with E-state index >= 15 is 0 Å². The number of rotatable bonds is 0. The van der Waals surface area contributed by atoms with E-state index in [1.54, 1.807) is 19.9 Å². The molecular formula is C14H20O6. The van der Waals surface area contributed by atoms with Crippen LogP contribution in [0.5, 0.6) is 0 Å². The van der Waals surface area contributed by atoms with Gasteiger partial charge in [0.1, 0.15) is 12.2 Å². The third-order valence-corrected chi connectivity index (χ3v) is 2.75. The normalized spacial score (nSPS) is 33.2. The highest BCUT2D eigenvalue weighted by atomic mass is 16.5. The van der Waals surface area contributed by atoms with Crippen LogP contribution in [-0.2, 0) is 19.1 Å². The fraction of sp³-hybridized carbons (Fsp3) is 0.571. The Labute approximate surface area is 117 Å². The van der Waals surface area contributed by atoms with Crippen molar-refractivity contribution in [1.29, 1.82) is 0 Å². The molecule has 112 valence electrons. The van der Waals surface area contributed by atoms with Crippen molar-refractivity contribution < 1.29 is 29.3 Å². The highest BCUT2D eigenvalue weighted by Gasteiger charge is 2.19. The van der Waals surface area contributed by atoms with Crippen LogP contribution in [0.25, 0.3) is 0 Å². The zero-order chi connectivity index (χ0) is 15.1. The van der Waals surface area contributed by atoms with Gasteiger partial charge in [0.2, 0.25) is 0 Å². The summed E-state index contributed by atoms with van der Waals surface area (Å²) in [6, 6.07) is 0. The number of hydrogen-bond acceptors (Lipinski definition) is 6. The molecule has 2 N–H and O–H groups in total. The van der Waals surface area contributed by atoms with Gasteiger partial charge in [0, 0.05) is 25.0 Å². The third kappa shape index (κ3) is 5.99. The van der Waals surface area contributed by atoms with Gasteiger partial charge in [0.15, 0.2) is 0 Å². The number of cyclic esters (lactones) is 2. The minimum Gasteiger partial charge on any atom is -0.459 e. The minimum absolute atomic E-state index is 0.0660. The van der Waals surface area contributed by atoms with Crippen LogP contribution in [0.15, 0.2) is 24.3 Å². The van der Waals surface area contributed by atoms with Gasteiger partial charge in [0.25, 0.3) is 0 Å². The first-order valence-corrected chi connectivity index (χ1v) is 6.50. The molecule has 0 aromatic carbocycles. The number of aliphatic hydroxyl groups excluding tert-OH is 2. The van der Waals surface area contributed by atoms with Gasteiger partial charge < -0.3 is 19.7 Å². The molecule has 0 saturated heterocycles. The lowest BCUT2D eigenvalue weighted by atomic mass is 10.1. The second-order valence-corrected chi connectivity index (χ2v) is 4.79. The standard InChI is InChI=1S/C14H20O6/c1-9-4-3-5-13(17)20-10(2)8-12(16)11(15)6-7-14(18)19-9/h3,5-7,9-12,15-16H,4,8H2,1-2H3. The highest BCUT2D eigenvalue weighted by molar-refractivity contribution is 5.82. The van der Waals surface area contributed by atoms with Gasteiger partial charge in [-0.3, -0.25) is 0 Å². The van der Waals surface area contributed by atoms with Gasteiger partial charge >= 0.3 is 11.9 Å². The molecule has 0 aliphatic carbocycles. The van der Waals surface area contributed by atoms with Gasteiger partial charge in [-0.25, -0.2) is 9.59 Å². The number of carbonyl (C=O) groups excluding carboxylic acids is 2. The Kier molecular flexibility index (Phi) is 6.41. The number of carbonyl (C=O) groups is 2. The fourth-order valence-corrected chi connectivity index (χ4v) is 1.71. The minimum atomic E-state index is -1.22. The summed E-state index contributed by atoms with van der Waals surface area (Å²) in [7, 11) is 0. The van der Waals surface area contributed by atoms with Gasteiger partial charge in [0.05, 0.1) is 12.2 Å². The van der Waals surface area contributed by atoms with Crippen LogP contribution < -0.4 is 0 Å². The summed E-state index contributed by atoms with van der Waals surface area (Å²) in [5.74, 6) is -1.14. The molecule has 0 spiro atoms. The molecule has 0 fully saturated rings. The summed E-state index contributed by atoms with van der Waals surface area (Å²) in [4.78, 5) is 22.9. The quantitative estimate of drug-likeness (QED) is 0.628. The molecular weight excluding hydrogens is 264 g/mol. The number of esters is 2. The molecule has 0 radical (unpaired) electrons. The number of hydrogen-bond donors (Lipinski definition) is 2. The first-order valence-electron chi connectivity index (χ1n) is 6.50. The van der Waals surface area contributed by atoms with Crippen LogP contribution in [0.1, 0.15) is 26.7 Å². The van der Waals surface area contributed by atoms with Crippen LogP contribution in [0.3, 0.4) is 0 Å². The lowest BCUT2D eigenvalue weighted by molar-refractivity contribution is -0.144. The molecule has 0 saturated carbocycles. The lowest BCUT2D eigenvalue weighted by Crippen LogP contribution is -2.29. The molecule has 6 heteroatoms. The monoisotopic (exact) mass is 284 g/mol. The molecule has 4 atom stereocenters. The predicted octanol–water partition coefficient (Wildman–Crippen LogP) is 0.478. The van der Waals surface area contributed by atoms with E-state index in [-0.39, 0.29) is 6.42 Å². The van der Waals surface area contributed by atoms with Crippen molar-refractivity contribution in [3.8, 4) is 0 Å². The average molecular weight is 284 g/mol. The summed E-state index contributed by atoms with van der Waals surface area (Å²) in [6.07, 6.45) is 2.20. The van der Waals surface area contributed by atoms with Crippen LogP contribution in [0.4, 0.5) is 0 Å². The van der Waals surface area contributed by atoms with E-state index in [2.05, 4.69) is 0 Å². The highest BCUT2D eigenvalue weighted by Crippen LogP contribution is 2.09. The molecule has 0 aromatic rings. The van der Waals surface area contributed by atoms with E-state index in [0.29, 0.717) is 6.42 Å². The van der Waals surface area contributed by atoms with E-state index in [9.17, 15) is 19.8 Å².